The molecule has 28 heavy (non-hydrogen) atoms. The summed E-state index contributed by atoms with van der Waals surface area (Å²) in [4.78, 5) is 39.0. The normalized spacial score (nSPS) is 31.4. The highest BCUT2D eigenvalue weighted by Crippen LogP contribution is 2.39. The van der Waals surface area contributed by atoms with Crippen LogP contribution in [0.5, 0.6) is 0 Å². The van der Waals surface area contributed by atoms with Gasteiger partial charge in [-0.2, -0.15) is 0 Å². The Hall–Kier alpha value is -2.32. The predicted molar refractivity (Wildman–Crippen MR) is 99.7 cm³/mol. The molecule has 8 heteroatoms. The topological polar surface area (TPSA) is 81.8 Å². The number of rotatable bonds is 4. The number of ketones is 1. The second-order valence-corrected chi connectivity index (χ2v) is 8.21. The fourth-order valence-corrected chi connectivity index (χ4v) is 5.14. The van der Waals surface area contributed by atoms with E-state index < -0.39 is 11.8 Å². The lowest BCUT2D eigenvalue weighted by molar-refractivity contribution is -0.131. The maximum Gasteiger partial charge on any atom is 0.254 e. The molecule has 0 saturated carbocycles. The summed E-state index contributed by atoms with van der Waals surface area (Å²) in [6, 6.07) is 3.38. The van der Waals surface area contributed by atoms with Gasteiger partial charge in [0.2, 0.25) is 5.78 Å². The van der Waals surface area contributed by atoms with Gasteiger partial charge in [0.05, 0.1) is 11.7 Å². The molecule has 1 amide bonds. The lowest BCUT2D eigenvalue weighted by Gasteiger charge is -2.54. The first kappa shape index (κ1) is 17.8. The highest BCUT2D eigenvalue weighted by Gasteiger charge is 2.43. The van der Waals surface area contributed by atoms with Crippen molar-refractivity contribution in [1.29, 1.82) is 0 Å². The van der Waals surface area contributed by atoms with Crippen molar-refractivity contribution in [3.05, 3.63) is 29.1 Å². The summed E-state index contributed by atoms with van der Waals surface area (Å²) in [6.07, 6.45) is 2.60. The number of hydrogen-bond donors (Lipinski definition) is 2. The average molecular weight is 386 g/mol. The second-order valence-electron chi connectivity index (χ2n) is 8.21. The van der Waals surface area contributed by atoms with Crippen molar-refractivity contribution in [2.75, 3.05) is 24.5 Å². The van der Waals surface area contributed by atoms with Gasteiger partial charge in [-0.15, -0.1) is 0 Å². The zero-order chi connectivity index (χ0) is 19.4. The van der Waals surface area contributed by atoms with E-state index in [1.54, 1.807) is 4.90 Å². The van der Waals surface area contributed by atoms with E-state index in [0.717, 1.165) is 25.1 Å². The highest BCUT2D eigenvalue weighted by atomic mass is 19.1. The number of anilines is 1. The average Bonchev–Trinajstić information content (AvgIpc) is 3.04. The Morgan fingerprint density at radius 2 is 1.93 bits per heavy atom. The van der Waals surface area contributed by atoms with Crippen molar-refractivity contribution in [3.8, 4) is 0 Å². The van der Waals surface area contributed by atoms with Crippen LogP contribution in [0.25, 0.3) is 0 Å². The molecule has 0 spiro atoms. The monoisotopic (exact) mass is 386 g/mol. The van der Waals surface area contributed by atoms with Gasteiger partial charge in [-0.25, -0.2) is 4.39 Å². The van der Waals surface area contributed by atoms with Gasteiger partial charge in [-0.3, -0.25) is 14.4 Å². The molecule has 4 atom stereocenters. The largest absolute Gasteiger partial charge is 0.360 e. The molecule has 2 bridgehead atoms. The maximum atomic E-state index is 14.8. The molecule has 3 saturated heterocycles. The third-order valence-corrected chi connectivity index (χ3v) is 6.66. The number of carbonyl (C=O) groups is 3. The van der Waals surface area contributed by atoms with E-state index in [0.29, 0.717) is 55.6 Å². The number of Topliss-reactive ketones (excluding diaryl/α,β-unsaturated/α-hetero) is 1. The molecule has 4 aliphatic rings. The third-order valence-electron chi connectivity index (χ3n) is 6.66. The van der Waals surface area contributed by atoms with E-state index in [1.807, 2.05) is 6.07 Å². The molecule has 1 aromatic carbocycles. The SMILES string of the molecule is O=CC(=O)C1CCC(N2Cc3cc(N4C5CNCC4C5)c(F)cc3C2=O)CN1. The number of nitrogens with one attached hydrogen (secondary N) is 2. The molecule has 0 radical (unpaired) electrons. The molecule has 5 rings (SSSR count). The summed E-state index contributed by atoms with van der Waals surface area (Å²) in [5.74, 6) is -0.933. The molecule has 1 aromatic rings. The first-order valence-corrected chi connectivity index (χ1v) is 9.91. The Balaban J connectivity index is 1.33. The molecule has 7 nitrogen and oxygen atoms in total. The number of carbonyl (C=O) groups excluding carboxylic acids is 3. The zero-order valence-electron chi connectivity index (χ0n) is 15.5. The first-order chi connectivity index (χ1) is 13.6. The van der Waals surface area contributed by atoms with Gasteiger partial charge in [0.1, 0.15) is 5.82 Å². The van der Waals surface area contributed by atoms with Crippen LogP contribution in [0.15, 0.2) is 12.1 Å². The minimum Gasteiger partial charge on any atom is -0.360 e. The van der Waals surface area contributed by atoms with Crippen LogP contribution in [-0.2, 0) is 16.1 Å². The molecule has 0 aromatic heterocycles. The molecule has 4 unspecified atom stereocenters. The Labute approximate surface area is 162 Å². The number of piperazine rings is 1. The van der Waals surface area contributed by atoms with Crippen LogP contribution in [0, 0.1) is 5.82 Å². The van der Waals surface area contributed by atoms with E-state index in [9.17, 15) is 18.8 Å². The minimum atomic E-state index is -0.461. The summed E-state index contributed by atoms with van der Waals surface area (Å²) in [7, 11) is 0. The van der Waals surface area contributed by atoms with Crippen LogP contribution < -0.4 is 15.5 Å². The zero-order valence-corrected chi connectivity index (χ0v) is 15.5. The Morgan fingerprint density at radius 3 is 2.57 bits per heavy atom. The van der Waals surface area contributed by atoms with Crippen LogP contribution in [0.3, 0.4) is 0 Å². The predicted octanol–water partition coefficient (Wildman–Crippen LogP) is 0.221. The standard InChI is InChI=1S/C20H23FN4O3/c21-16-5-15-11(3-18(16)25-13-4-14(25)7-22-6-13)9-24(20(15)28)12-1-2-17(23-8-12)19(27)10-26/h3,5,10,12-14,17,22-23H,1-2,4,6-9H2. The number of amides is 1. The molecule has 3 fully saturated rings. The Kier molecular flexibility index (Phi) is 4.21. The fraction of sp³-hybridized carbons (Fsp3) is 0.550. The van der Waals surface area contributed by atoms with Gasteiger partial charge in [0, 0.05) is 49.9 Å². The number of aldehydes is 1. The van der Waals surface area contributed by atoms with Crippen LogP contribution in [0.2, 0.25) is 0 Å². The summed E-state index contributed by atoms with van der Waals surface area (Å²) >= 11 is 0. The molecule has 2 N–H and O–H groups in total. The van der Waals surface area contributed by atoms with Crippen molar-refractivity contribution in [3.63, 3.8) is 0 Å². The van der Waals surface area contributed by atoms with E-state index in [-0.39, 0.29) is 17.8 Å². The smallest absolute Gasteiger partial charge is 0.254 e. The van der Waals surface area contributed by atoms with E-state index in [2.05, 4.69) is 15.5 Å². The van der Waals surface area contributed by atoms with Crippen molar-refractivity contribution in [2.24, 2.45) is 0 Å². The van der Waals surface area contributed by atoms with Crippen molar-refractivity contribution >= 4 is 23.7 Å². The molecule has 4 heterocycles. The summed E-state index contributed by atoms with van der Waals surface area (Å²) in [6.45, 7) is 2.65. The van der Waals surface area contributed by atoms with Gasteiger partial charge in [-0.1, -0.05) is 0 Å². The molecule has 0 aliphatic carbocycles. The quantitative estimate of drug-likeness (QED) is 0.569. The van der Waals surface area contributed by atoms with Gasteiger partial charge in [-0.05, 0) is 37.0 Å². The number of piperidine rings is 2. The summed E-state index contributed by atoms with van der Waals surface area (Å²) < 4.78 is 14.8. The van der Waals surface area contributed by atoms with Crippen LogP contribution in [-0.4, -0.2) is 66.7 Å². The lowest BCUT2D eigenvalue weighted by Crippen LogP contribution is -2.68. The van der Waals surface area contributed by atoms with Gasteiger partial charge >= 0.3 is 0 Å². The number of nitrogens with zero attached hydrogens (tertiary/aromatic N) is 2. The van der Waals surface area contributed by atoms with Gasteiger partial charge in [0.15, 0.2) is 6.29 Å². The number of halogens is 1. The van der Waals surface area contributed by atoms with Gasteiger partial charge in [0.25, 0.3) is 5.91 Å². The Bertz CT molecular complexity index is 838. The number of fused-ring (bicyclic) bond motifs is 3. The summed E-state index contributed by atoms with van der Waals surface area (Å²) in [5.41, 5.74) is 1.91. The molecular weight excluding hydrogens is 363 g/mol. The van der Waals surface area contributed by atoms with Crippen molar-refractivity contribution in [2.45, 2.75) is 50.0 Å². The second kappa shape index (κ2) is 6.63. The van der Waals surface area contributed by atoms with Crippen molar-refractivity contribution < 1.29 is 18.8 Å². The number of hydrogen-bond acceptors (Lipinski definition) is 6. The summed E-state index contributed by atoms with van der Waals surface area (Å²) in [5, 5.41) is 6.42. The van der Waals surface area contributed by atoms with E-state index in [1.165, 1.54) is 6.07 Å². The van der Waals surface area contributed by atoms with Crippen LogP contribution in [0.4, 0.5) is 10.1 Å². The fourth-order valence-electron chi connectivity index (χ4n) is 5.14. The van der Waals surface area contributed by atoms with E-state index >= 15 is 0 Å². The first-order valence-electron chi connectivity index (χ1n) is 9.91. The highest BCUT2D eigenvalue weighted by molar-refractivity contribution is 6.27. The minimum absolute atomic E-state index is 0.0605. The molecule has 148 valence electrons. The van der Waals surface area contributed by atoms with Crippen molar-refractivity contribution in [1.82, 2.24) is 15.5 Å². The maximum absolute atomic E-state index is 14.8. The van der Waals surface area contributed by atoms with Gasteiger partial charge < -0.3 is 20.4 Å². The van der Waals surface area contributed by atoms with Crippen LogP contribution >= 0.6 is 0 Å². The molecular formula is C20H23FN4O3. The van der Waals surface area contributed by atoms with E-state index in [4.69, 9.17) is 0 Å². The third kappa shape index (κ3) is 2.66. The number of benzene rings is 1. The lowest BCUT2D eigenvalue weighted by atomic mass is 9.87. The Morgan fingerprint density at radius 1 is 1.14 bits per heavy atom. The van der Waals surface area contributed by atoms with Crippen LogP contribution in [0.1, 0.15) is 35.2 Å². The molecule has 4 aliphatic heterocycles.